The fourth-order valence-corrected chi connectivity index (χ4v) is 4.72. The lowest BCUT2D eigenvalue weighted by molar-refractivity contribution is -0.118. The summed E-state index contributed by atoms with van der Waals surface area (Å²) in [6.07, 6.45) is 3.86. The number of hydrogen-bond donors (Lipinski definition) is 2. The van der Waals surface area contributed by atoms with Gasteiger partial charge >= 0.3 is 0 Å². The molecule has 9 heteroatoms. The minimum Gasteiger partial charge on any atom is -0.484 e. The Morgan fingerprint density at radius 2 is 1.53 bits per heavy atom. The van der Waals surface area contributed by atoms with Crippen molar-refractivity contribution in [2.75, 3.05) is 25.0 Å². The molecule has 1 fully saturated rings. The molecule has 3 N–H and O–H groups in total. The van der Waals surface area contributed by atoms with Crippen molar-refractivity contribution in [1.29, 1.82) is 0 Å². The second-order valence-electron chi connectivity index (χ2n) is 7.07. The van der Waals surface area contributed by atoms with E-state index in [1.165, 1.54) is 28.6 Å². The van der Waals surface area contributed by atoms with Crippen LogP contribution in [-0.4, -0.2) is 44.2 Å². The normalized spacial score (nSPS) is 15.2. The van der Waals surface area contributed by atoms with Crippen molar-refractivity contribution in [2.45, 2.75) is 30.6 Å². The number of rotatable bonds is 7. The van der Waals surface area contributed by atoms with Gasteiger partial charge in [-0.15, -0.1) is 0 Å². The van der Waals surface area contributed by atoms with Gasteiger partial charge in [-0.25, -0.2) is 8.42 Å². The Labute approximate surface area is 176 Å². The number of nitrogens with two attached hydrogens (primary N) is 1. The molecule has 2 aromatic rings. The van der Waals surface area contributed by atoms with E-state index in [0.717, 1.165) is 25.7 Å². The highest BCUT2D eigenvalue weighted by molar-refractivity contribution is 7.89. The minimum absolute atomic E-state index is 0.218. The number of primary amides is 1. The summed E-state index contributed by atoms with van der Waals surface area (Å²) in [4.78, 5) is 23.3. The number of amides is 2. The number of nitrogens with one attached hydrogen (secondary N) is 1. The van der Waals surface area contributed by atoms with Gasteiger partial charge in [-0.3, -0.25) is 9.59 Å². The third-order valence-electron chi connectivity index (χ3n) is 4.85. The highest BCUT2D eigenvalue weighted by atomic mass is 32.2. The quantitative estimate of drug-likeness (QED) is 0.698. The molecule has 0 aromatic heterocycles. The zero-order valence-corrected chi connectivity index (χ0v) is 17.4. The van der Waals surface area contributed by atoms with Crippen LogP contribution < -0.4 is 15.8 Å². The lowest BCUT2D eigenvalue weighted by Gasteiger charge is -2.20. The molecule has 2 amide bonds. The van der Waals surface area contributed by atoms with Gasteiger partial charge in [0.15, 0.2) is 6.61 Å². The van der Waals surface area contributed by atoms with Crippen molar-refractivity contribution >= 4 is 27.5 Å². The number of sulfonamides is 1. The lowest BCUT2D eigenvalue weighted by atomic mass is 10.2. The van der Waals surface area contributed by atoms with E-state index in [-0.39, 0.29) is 17.4 Å². The van der Waals surface area contributed by atoms with Crippen molar-refractivity contribution in [2.24, 2.45) is 5.73 Å². The first-order valence-electron chi connectivity index (χ1n) is 9.79. The predicted octanol–water partition coefficient (Wildman–Crippen LogP) is 2.37. The molecule has 0 radical (unpaired) electrons. The summed E-state index contributed by atoms with van der Waals surface area (Å²) in [7, 11) is -3.52. The molecule has 0 spiro atoms. The van der Waals surface area contributed by atoms with Gasteiger partial charge in [0, 0.05) is 24.3 Å². The Kier molecular flexibility index (Phi) is 7.07. The Balaban J connectivity index is 1.55. The van der Waals surface area contributed by atoms with Crippen LogP contribution in [0.5, 0.6) is 5.75 Å². The molecule has 1 saturated heterocycles. The number of nitrogens with zero attached hydrogens (tertiary/aromatic N) is 1. The molecular weight excluding hydrogens is 406 g/mol. The molecule has 2 aromatic carbocycles. The maximum absolute atomic E-state index is 12.8. The summed E-state index contributed by atoms with van der Waals surface area (Å²) in [6, 6.07) is 12.2. The van der Waals surface area contributed by atoms with Gasteiger partial charge in [-0.2, -0.15) is 4.31 Å². The molecule has 0 aliphatic carbocycles. The number of benzene rings is 2. The van der Waals surface area contributed by atoms with E-state index in [0.29, 0.717) is 30.1 Å². The van der Waals surface area contributed by atoms with Gasteiger partial charge in [-0.05, 0) is 61.4 Å². The third-order valence-corrected chi connectivity index (χ3v) is 6.76. The molecule has 3 rings (SSSR count). The first-order chi connectivity index (χ1) is 14.4. The number of carbonyl (C=O) groups is 2. The second-order valence-corrected chi connectivity index (χ2v) is 9.01. The molecular formula is C21H25N3O5S. The number of anilines is 1. The van der Waals surface area contributed by atoms with E-state index in [4.69, 9.17) is 10.5 Å². The fourth-order valence-electron chi connectivity index (χ4n) is 3.20. The minimum atomic E-state index is -3.52. The summed E-state index contributed by atoms with van der Waals surface area (Å²) in [6.45, 7) is 0.845. The Morgan fingerprint density at radius 1 is 0.933 bits per heavy atom. The average molecular weight is 432 g/mol. The largest absolute Gasteiger partial charge is 0.484 e. The molecule has 0 atom stereocenters. The first kappa shape index (κ1) is 21.8. The summed E-state index contributed by atoms with van der Waals surface area (Å²) < 4.78 is 32.5. The summed E-state index contributed by atoms with van der Waals surface area (Å²) in [5, 5.41) is 2.64. The topological polar surface area (TPSA) is 119 Å². The van der Waals surface area contributed by atoms with Crippen LogP contribution in [0.3, 0.4) is 0 Å². The van der Waals surface area contributed by atoms with E-state index in [1.807, 2.05) is 0 Å². The fraction of sp³-hybridized carbons (Fsp3) is 0.333. The van der Waals surface area contributed by atoms with Gasteiger partial charge in [-0.1, -0.05) is 12.8 Å². The van der Waals surface area contributed by atoms with Gasteiger partial charge in [0.2, 0.25) is 15.9 Å². The van der Waals surface area contributed by atoms with Gasteiger partial charge in [0.1, 0.15) is 5.75 Å². The number of ether oxygens (including phenoxy) is 1. The molecule has 0 bridgehead atoms. The van der Waals surface area contributed by atoms with Crippen LogP contribution in [0.4, 0.5) is 5.69 Å². The summed E-state index contributed by atoms with van der Waals surface area (Å²) in [5.41, 5.74) is 6.03. The molecule has 8 nitrogen and oxygen atoms in total. The van der Waals surface area contributed by atoms with Crippen molar-refractivity contribution in [3.05, 3.63) is 54.1 Å². The third kappa shape index (κ3) is 5.58. The Hall–Kier alpha value is -2.91. The van der Waals surface area contributed by atoms with E-state index >= 15 is 0 Å². The van der Waals surface area contributed by atoms with E-state index in [2.05, 4.69) is 5.32 Å². The zero-order chi connectivity index (χ0) is 21.6. The number of carbonyl (C=O) groups excluding carboxylic acids is 2. The highest BCUT2D eigenvalue weighted by Crippen LogP contribution is 2.22. The molecule has 160 valence electrons. The highest BCUT2D eigenvalue weighted by Gasteiger charge is 2.25. The second kappa shape index (κ2) is 9.73. The van der Waals surface area contributed by atoms with Crippen LogP contribution in [-0.2, 0) is 14.8 Å². The van der Waals surface area contributed by atoms with Crippen LogP contribution in [0.25, 0.3) is 0 Å². The van der Waals surface area contributed by atoms with Crippen LogP contribution in [0.2, 0.25) is 0 Å². The standard InChI is InChI=1S/C21H25N3O5S/c22-21(26)16-5-7-17(8-6-16)23-20(25)15-29-18-9-11-19(12-10-18)30(27,28)24-13-3-1-2-4-14-24/h5-12H,1-4,13-15H2,(H2,22,26)(H,23,25). The summed E-state index contributed by atoms with van der Waals surface area (Å²) >= 11 is 0. The maximum Gasteiger partial charge on any atom is 0.262 e. The first-order valence-corrected chi connectivity index (χ1v) is 11.2. The molecule has 0 unspecified atom stereocenters. The SMILES string of the molecule is NC(=O)c1ccc(NC(=O)COc2ccc(S(=O)(=O)N3CCCCCC3)cc2)cc1. The van der Waals surface area contributed by atoms with Crippen LogP contribution in [0.1, 0.15) is 36.0 Å². The van der Waals surface area contributed by atoms with E-state index < -0.39 is 15.9 Å². The average Bonchev–Trinajstić information content (AvgIpc) is 3.03. The van der Waals surface area contributed by atoms with Crippen molar-refractivity contribution in [1.82, 2.24) is 4.31 Å². The lowest BCUT2D eigenvalue weighted by Crippen LogP contribution is -2.31. The molecule has 1 aliphatic rings. The van der Waals surface area contributed by atoms with Crippen LogP contribution in [0.15, 0.2) is 53.4 Å². The zero-order valence-electron chi connectivity index (χ0n) is 16.5. The van der Waals surface area contributed by atoms with Gasteiger partial charge in [0.05, 0.1) is 4.90 Å². The van der Waals surface area contributed by atoms with Gasteiger partial charge < -0.3 is 15.8 Å². The van der Waals surface area contributed by atoms with Crippen LogP contribution in [0, 0.1) is 0 Å². The Bertz CT molecular complexity index is 980. The molecule has 1 heterocycles. The monoisotopic (exact) mass is 431 g/mol. The van der Waals surface area contributed by atoms with E-state index in [1.54, 1.807) is 24.3 Å². The molecule has 1 aliphatic heterocycles. The molecule has 30 heavy (non-hydrogen) atoms. The van der Waals surface area contributed by atoms with Crippen molar-refractivity contribution < 1.29 is 22.7 Å². The van der Waals surface area contributed by atoms with Crippen molar-refractivity contribution in [3.63, 3.8) is 0 Å². The summed E-state index contributed by atoms with van der Waals surface area (Å²) in [5.74, 6) is -0.537. The van der Waals surface area contributed by atoms with Crippen LogP contribution >= 0.6 is 0 Å². The molecule has 0 saturated carbocycles. The van der Waals surface area contributed by atoms with E-state index in [9.17, 15) is 18.0 Å². The maximum atomic E-state index is 12.8. The Morgan fingerprint density at radius 3 is 2.10 bits per heavy atom. The number of hydrogen-bond acceptors (Lipinski definition) is 5. The smallest absolute Gasteiger partial charge is 0.262 e. The van der Waals surface area contributed by atoms with Gasteiger partial charge in [0.25, 0.3) is 5.91 Å². The van der Waals surface area contributed by atoms with Crippen molar-refractivity contribution in [3.8, 4) is 5.75 Å². The predicted molar refractivity (Wildman–Crippen MR) is 113 cm³/mol.